The highest BCUT2D eigenvalue weighted by molar-refractivity contribution is 8.93. The van der Waals surface area contributed by atoms with Gasteiger partial charge in [-0.3, -0.25) is 4.79 Å². The Labute approximate surface area is 184 Å². The van der Waals surface area contributed by atoms with E-state index in [-0.39, 0.29) is 45.8 Å². The van der Waals surface area contributed by atoms with E-state index in [0.717, 1.165) is 25.9 Å². The molecule has 1 saturated heterocycles. The van der Waals surface area contributed by atoms with Gasteiger partial charge in [0.1, 0.15) is 0 Å². The second-order valence-electron chi connectivity index (χ2n) is 7.26. The van der Waals surface area contributed by atoms with E-state index in [1.165, 1.54) is 22.4 Å². The monoisotopic (exact) mass is 496 g/mol. The minimum atomic E-state index is 0. The van der Waals surface area contributed by atoms with Crippen molar-refractivity contribution >= 4 is 45.6 Å². The van der Waals surface area contributed by atoms with E-state index in [0.29, 0.717) is 6.54 Å². The molecule has 1 heterocycles. The summed E-state index contributed by atoms with van der Waals surface area (Å²) in [5.41, 5.74) is 5.02. The molecule has 0 bridgehead atoms. The molecule has 0 N–H and O–H groups in total. The summed E-state index contributed by atoms with van der Waals surface area (Å²) >= 11 is 0. The average molecular weight is 498 g/mol. The third kappa shape index (κ3) is 6.08. The van der Waals surface area contributed by atoms with Crippen LogP contribution in [0.2, 0.25) is 0 Å². The van der Waals surface area contributed by atoms with Crippen LogP contribution in [-0.2, 0) is 11.3 Å². The molecule has 148 valence electrons. The number of carbonyl (C=O) groups is 1. The first kappa shape index (κ1) is 23.7. The molecule has 2 aromatic rings. The number of halogens is 2. The summed E-state index contributed by atoms with van der Waals surface area (Å²) in [7, 11) is 1.92. The van der Waals surface area contributed by atoms with Crippen LogP contribution in [-0.4, -0.2) is 30.9 Å². The summed E-state index contributed by atoms with van der Waals surface area (Å²) < 4.78 is 0. The maximum absolute atomic E-state index is 12.9. The molecule has 0 radical (unpaired) electrons. The molecule has 5 heteroatoms. The molecule has 3 nitrogen and oxygen atoms in total. The number of amides is 1. The zero-order valence-corrected chi connectivity index (χ0v) is 19.8. The van der Waals surface area contributed by atoms with Crippen molar-refractivity contribution in [2.24, 2.45) is 5.92 Å². The van der Waals surface area contributed by atoms with Crippen LogP contribution >= 0.6 is 34.0 Å². The summed E-state index contributed by atoms with van der Waals surface area (Å²) in [6.07, 6.45) is 2.06. The third-order valence-electron chi connectivity index (χ3n) is 5.11. The molecular weight excluding hydrogens is 468 g/mol. The fourth-order valence-electron chi connectivity index (χ4n) is 3.70. The molecule has 1 amide bonds. The minimum Gasteiger partial charge on any atom is -0.371 e. The lowest BCUT2D eigenvalue weighted by Crippen LogP contribution is -2.43. The first-order valence-corrected chi connectivity index (χ1v) is 9.15. The number of carbonyl (C=O) groups excluding carboxylic acids is 1. The van der Waals surface area contributed by atoms with E-state index in [4.69, 9.17) is 0 Å². The summed E-state index contributed by atoms with van der Waals surface area (Å²) in [4.78, 5) is 17.2. The van der Waals surface area contributed by atoms with Crippen LogP contribution in [0.15, 0.2) is 48.5 Å². The Kier molecular flexibility index (Phi) is 9.54. The van der Waals surface area contributed by atoms with Crippen LogP contribution in [0, 0.1) is 19.8 Å². The van der Waals surface area contributed by atoms with Crippen molar-refractivity contribution < 1.29 is 4.79 Å². The van der Waals surface area contributed by atoms with Gasteiger partial charge in [0.15, 0.2) is 0 Å². The van der Waals surface area contributed by atoms with Crippen molar-refractivity contribution in [3.05, 3.63) is 65.2 Å². The van der Waals surface area contributed by atoms with Gasteiger partial charge in [-0.15, -0.1) is 34.0 Å². The van der Waals surface area contributed by atoms with Gasteiger partial charge < -0.3 is 9.80 Å². The molecule has 0 saturated carbocycles. The van der Waals surface area contributed by atoms with Crippen molar-refractivity contribution in [2.75, 3.05) is 25.0 Å². The van der Waals surface area contributed by atoms with Crippen molar-refractivity contribution in [3.63, 3.8) is 0 Å². The zero-order valence-electron chi connectivity index (χ0n) is 16.4. The number of aryl methyl sites for hydroxylation is 2. The van der Waals surface area contributed by atoms with Gasteiger partial charge in [0, 0.05) is 32.4 Å². The van der Waals surface area contributed by atoms with Crippen molar-refractivity contribution in [3.8, 4) is 0 Å². The molecule has 1 aliphatic heterocycles. The molecule has 27 heavy (non-hydrogen) atoms. The molecule has 1 unspecified atom stereocenters. The predicted octanol–water partition coefficient (Wildman–Crippen LogP) is 5.33. The number of hydrogen-bond donors (Lipinski definition) is 0. The highest BCUT2D eigenvalue weighted by Gasteiger charge is 2.28. The Morgan fingerprint density at radius 3 is 2.52 bits per heavy atom. The highest BCUT2D eigenvalue weighted by atomic mass is 79.9. The fraction of sp³-hybridized carbons (Fsp3) is 0.409. The Morgan fingerprint density at radius 2 is 1.81 bits per heavy atom. The Bertz CT molecular complexity index is 736. The van der Waals surface area contributed by atoms with Crippen molar-refractivity contribution in [1.82, 2.24) is 4.90 Å². The van der Waals surface area contributed by atoms with Crippen LogP contribution in [0.5, 0.6) is 0 Å². The van der Waals surface area contributed by atoms with Crippen LogP contribution in [0.4, 0.5) is 5.69 Å². The fourth-order valence-corrected chi connectivity index (χ4v) is 3.70. The van der Waals surface area contributed by atoms with Crippen LogP contribution in [0.25, 0.3) is 0 Å². The quantitative estimate of drug-likeness (QED) is 0.569. The van der Waals surface area contributed by atoms with E-state index < -0.39 is 0 Å². The third-order valence-corrected chi connectivity index (χ3v) is 5.11. The number of anilines is 1. The molecule has 1 atom stereocenters. The van der Waals surface area contributed by atoms with E-state index in [1.54, 1.807) is 0 Å². The lowest BCUT2D eigenvalue weighted by Gasteiger charge is -2.36. The number of nitrogens with zero attached hydrogens (tertiary/aromatic N) is 2. The molecule has 1 fully saturated rings. The second-order valence-corrected chi connectivity index (χ2v) is 7.26. The van der Waals surface area contributed by atoms with E-state index in [2.05, 4.69) is 49.1 Å². The van der Waals surface area contributed by atoms with Gasteiger partial charge in [-0.25, -0.2) is 0 Å². The van der Waals surface area contributed by atoms with Gasteiger partial charge in [0.05, 0.1) is 5.92 Å². The summed E-state index contributed by atoms with van der Waals surface area (Å²) in [5.74, 6) is 0.348. The maximum atomic E-state index is 12.9. The SMILES string of the molecule is Br.Br.Cc1ccc(C)c(N2CCCC(C(=O)N(C)Cc3ccccc3)C2)c1. The number of rotatable bonds is 4. The first-order chi connectivity index (χ1) is 12.0. The van der Waals surface area contributed by atoms with Crippen molar-refractivity contribution in [1.29, 1.82) is 0 Å². The Hall–Kier alpha value is -1.33. The smallest absolute Gasteiger partial charge is 0.227 e. The van der Waals surface area contributed by atoms with Crippen LogP contribution in [0.1, 0.15) is 29.5 Å². The molecular formula is C22H30Br2N2O. The van der Waals surface area contributed by atoms with Gasteiger partial charge in [-0.05, 0) is 49.4 Å². The topological polar surface area (TPSA) is 23.6 Å². The zero-order chi connectivity index (χ0) is 17.8. The Balaban J connectivity index is 0.00000182. The maximum Gasteiger partial charge on any atom is 0.227 e. The molecule has 1 aliphatic rings. The standard InChI is InChI=1S/C22H28N2O.2BrH/c1-17-11-12-18(2)21(14-17)24-13-7-10-20(16-24)22(25)23(3)15-19-8-5-4-6-9-19;;/h4-6,8-9,11-12,14,20H,7,10,13,15-16H2,1-3H3;2*1H. The summed E-state index contributed by atoms with van der Waals surface area (Å²) in [5, 5.41) is 0. The van der Waals surface area contributed by atoms with E-state index in [1.807, 2.05) is 30.1 Å². The van der Waals surface area contributed by atoms with Gasteiger partial charge >= 0.3 is 0 Å². The molecule has 3 rings (SSSR count). The average Bonchev–Trinajstić information content (AvgIpc) is 2.64. The van der Waals surface area contributed by atoms with E-state index in [9.17, 15) is 4.79 Å². The second kappa shape index (κ2) is 10.9. The first-order valence-electron chi connectivity index (χ1n) is 9.15. The summed E-state index contributed by atoms with van der Waals surface area (Å²) in [6.45, 7) is 6.82. The number of benzene rings is 2. The molecule has 0 aliphatic carbocycles. The largest absolute Gasteiger partial charge is 0.371 e. The number of piperidine rings is 1. The molecule has 0 aromatic heterocycles. The van der Waals surface area contributed by atoms with Gasteiger partial charge in [-0.2, -0.15) is 0 Å². The van der Waals surface area contributed by atoms with E-state index >= 15 is 0 Å². The lowest BCUT2D eigenvalue weighted by atomic mass is 9.95. The normalized spacial score (nSPS) is 16.1. The van der Waals surface area contributed by atoms with Crippen LogP contribution in [0.3, 0.4) is 0 Å². The van der Waals surface area contributed by atoms with Gasteiger partial charge in [0.2, 0.25) is 5.91 Å². The number of hydrogen-bond acceptors (Lipinski definition) is 2. The predicted molar refractivity (Wildman–Crippen MR) is 124 cm³/mol. The highest BCUT2D eigenvalue weighted by Crippen LogP contribution is 2.28. The van der Waals surface area contributed by atoms with Crippen molar-refractivity contribution in [2.45, 2.75) is 33.2 Å². The molecule has 0 spiro atoms. The van der Waals surface area contributed by atoms with Crippen LogP contribution < -0.4 is 4.90 Å². The van der Waals surface area contributed by atoms with Gasteiger partial charge in [-0.1, -0.05) is 42.5 Å². The Morgan fingerprint density at radius 1 is 1.11 bits per heavy atom. The molecule has 2 aromatic carbocycles. The lowest BCUT2D eigenvalue weighted by molar-refractivity contribution is -0.135. The summed E-state index contributed by atoms with van der Waals surface area (Å²) in [6, 6.07) is 16.8. The minimum absolute atomic E-state index is 0. The van der Waals surface area contributed by atoms with Gasteiger partial charge in [0.25, 0.3) is 0 Å².